The van der Waals surface area contributed by atoms with Gasteiger partial charge >= 0.3 is 0 Å². The molecular formula is C14H17N3O2. The van der Waals surface area contributed by atoms with Gasteiger partial charge in [-0.15, -0.1) is 0 Å². The molecule has 0 bridgehead atoms. The number of nitrogens with zero attached hydrogens (tertiary/aromatic N) is 3. The van der Waals surface area contributed by atoms with Crippen LogP contribution >= 0.6 is 0 Å². The lowest BCUT2D eigenvalue weighted by atomic mass is 9.97. The normalized spacial score (nSPS) is 25.0. The lowest BCUT2D eigenvalue weighted by Gasteiger charge is -2.35. The van der Waals surface area contributed by atoms with Crippen LogP contribution in [0.5, 0.6) is 0 Å². The number of likely N-dealkylation sites (tertiary alicyclic amines) is 1. The van der Waals surface area contributed by atoms with Crippen molar-refractivity contribution in [3.05, 3.63) is 29.8 Å². The minimum atomic E-state index is -0.0774. The maximum absolute atomic E-state index is 12.2. The average Bonchev–Trinajstić information content (AvgIpc) is 2.78. The smallest absolute Gasteiger partial charge is 0.245 e. The third-order valence-electron chi connectivity index (χ3n) is 4.01. The van der Waals surface area contributed by atoms with Crippen LogP contribution in [0.1, 0.15) is 18.4 Å². The lowest BCUT2D eigenvalue weighted by Crippen LogP contribution is -2.45. The van der Waals surface area contributed by atoms with Gasteiger partial charge in [-0.1, -0.05) is 23.4 Å². The Hall–Kier alpha value is -2.04. The number of hydrogen-bond acceptors (Lipinski definition) is 4. The second-order valence-corrected chi connectivity index (χ2v) is 5.07. The Kier molecular flexibility index (Phi) is 2.89. The zero-order valence-electron chi connectivity index (χ0n) is 10.9. The Morgan fingerprint density at radius 1 is 1.32 bits per heavy atom. The number of para-hydroxylation sites is 1. The van der Waals surface area contributed by atoms with Crippen molar-refractivity contribution in [2.24, 2.45) is 5.16 Å². The van der Waals surface area contributed by atoms with E-state index in [1.165, 1.54) is 0 Å². The molecule has 1 saturated heterocycles. The fraction of sp³-hybridized carbons (Fsp3) is 0.429. The number of carbonyl (C=O) groups excluding carboxylic acids is 1. The van der Waals surface area contributed by atoms with Gasteiger partial charge in [0.05, 0.1) is 5.71 Å². The molecule has 1 atom stereocenters. The quantitative estimate of drug-likeness (QED) is 0.611. The molecule has 1 aromatic rings. The molecule has 0 saturated carbocycles. The number of anilines is 1. The van der Waals surface area contributed by atoms with E-state index in [1.54, 1.807) is 4.90 Å². The van der Waals surface area contributed by atoms with E-state index in [-0.39, 0.29) is 11.9 Å². The Labute approximate surface area is 112 Å². The standard InChI is InChI=1S/C14H17N3O2/c1-16-8-7-13(14(16)18)17-9-6-11(15-19)10-4-2-3-5-12(10)17/h2-5,13,19H,6-9H2,1H3. The Morgan fingerprint density at radius 3 is 2.79 bits per heavy atom. The fourth-order valence-electron chi connectivity index (χ4n) is 2.97. The van der Waals surface area contributed by atoms with Crippen molar-refractivity contribution in [3.8, 4) is 0 Å². The van der Waals surface area contributed by atoms with Gasteiger partial charge in [-0.3, -0.25) is 4.79 Å². The van der Waals surface area contributed by atoms with Gasteiger partial charge in [0.1, 0.15) is 6.04 Å². The van der Waals surface area contributed by atoms with Crippen LogP contribution in [0, 0.1) is 0 Å². The number of hydrogen-bond donors (Lipinski definition) is 1. The zero-order chi connectivity index (χ0) is 13.4. The number of likely N-dealkylation sites (N-methyl/N-ethyl adjacent to an activating group) is 1. The van der Waals surface area contributed by atoms with Gasteiger partial charge in [-0.25, -0.2) is 0 Å². The topological polar surface area (TPSA) is 56.1 Å². The maximum Gasteiger partial charge on any atom is 0.245 e. The molecule has 1 amide bonds. The van der Waals surface area contributed by atoms with E-state index >= 15 is 0 Å². The van der Waals surface area contributed by atoms with Crippen LogP contribution in [-0.4, -0.2) is 47.9 Å². The molecule has 100 valence electrons. The Bertz CT molecular complexity index is 541. The van der Waals surface area contributed by atoms with Crippen molar-refractivity contribution >= 4 is 17.3 Å². The summed E-state index contributed by atoms with van der Waals surface area (Å²) in [5.74, 6) is 0.180. The van der Waals surface area contributed by atoms with Crippen LogP contribution in [0.2, 0.25) is 0 Å². The predicted octanol–water partition coefficient (Wildman–Crippen LogP) is 1.31. The summed E-state index contributed by atoms with van der Waals surface area (Å²) in [6.45, 7) is 1.53. The van der Waals surface area contributed by atoms with Crippen LogP contribution < -0.4 is 4.90 Å². The van der Waals surface area contributed by atoms with Crippen molar-refractivity contribution < 1.29 is 10.0 Å². The van der Waals surface area contributed by atoms with Gasteiger partial charge in [0.15, 0.2) is 0 Å². The summed E-state index contributed by atoms with van der Waals surface area (Å²) >= 11 is 0. The molecule has 2 aliphatic heterocycles. The summed E-state index contributed by atoms with van der Waals surface area (Å²) in [4.78, 5) is 16.1. The van der Waals surface area contributed by atoms with Gasteiger partial charge in [-0.05, 0) is 12.5 Å². The maximum atomic E-state index is 12.2. The van der Waals surface area contributed by atoms with E-state index in [2.05, 4.69) is 10.1 Å². The van der Waals surface area contributed by atoms with Gasteiger partial charge in [0.2, 0.25) is 5.91 Å². The second kappa shape index (κ2) is 4.57. The molecule has 5 nitrogen and oxygen atoms in total. The first-order valence-electron chi connectivity index (χ1n) is 6.54. The molecule has 1 aromatic carbocycles. The predicted molar refractivity (Wildman–Crippen MR) is 72.8 cm³/mol. The molecule has 0 spiro atoms. The van der Waals surface area contributed by atoms with Crippen molar-refractivity contribution in [1.82, 2.24) is 4.90 Å². The average molecular weight is 259 g/mol. The minimum Gasteiger partial charge on any atom is -0.411 e. The highest BCUT2D eigenvalue weighted by molar-refractivity contribution is 6.07. The van der Waals surface area contributed by atoms with Crippen molar-refractivity contribution in [1.29, 1.82) is 0 Å². The molecule has 1 fully saturated rings. The van der Waals surface area contributed by atoms with Gasteiger partial charge < -0.3 is 15.0 Å². The van der Waals surface area contributed by atoms with E-state index in [0.29, 0.717) is 12.1 Å². The van der Waals surface area contributed by atoms with Gasteiger partial charge in [-0.2, -0.15) is 0 Å². The first-order chi connectivity index (χ1) is 9.22. The molecular weight excluding hydrogens is 242 g/mol. The molecule has 2 aliphatic rings. The minimum absolute atomic E-state index is 0.0774. The summed E-state index contributed by atoms with van der Waals surface area (Å²) in [5.41, 5.74) is 2.62. The Balaban J connectivity index is 1.99. The fourth-order valence-corrected chi connectivity index (χ4v) is 2.97. The zero-order valence-corrected chi connectivity index (χ0v) is 10.9. The highest BCUT2D eigenvalue weighted by Gasteiger charge is 2.36. The molecule has 2 heterocycles. The number of carbonyl (C=O) groups is 1. The van der Waals surface area contributed by atoms with Gasteiger partial charge in [0, 0.05) is 37.8 Å². The van der Waals surface area contributed by atoms with Crippen LogP contribution in [0.3, 0.4) is 0 Å². The molecule has 0 aromatic heterocycles. The Morgan fingerprint density at radius 2 is 2.11 bits per heavy atom. The third kappa shape index (κ3) is 1.85. The van der Waals surface area contributed by atoms with Gasteiger partial charge in [0.25, 0.3) is 0 Å². The molecule has 1 unspecified atom stereocenters. The van der Waals surface area contributed by atoms with Crippen LogP contribution in [-0.2, 0) is 4.79 Å². The molecule has 0 aliphatic carbocycles. The van der Waals surface area contributed by atoms with E-state index < -0.39 is 0 Å². The molecule has 5 heteroatoms. The van der Waals surface area contributed by atoms with E-state index in [1.807, 2.05) is 31.3 Å². The molecule has 3 rings (SSSR count). The largest absolute Gasteiger partial charge is 0.411 e. The van der Waals surface area contributed by atoms with E-state index in [9.17, 15) is 4.79 Å². The summed E-state index contributed by atoms with van der Waals surface area (Å²) in [6.07, 6.45) is 1.52. The highest BCUT2D eigenvalue weighted by Crippen LogP contribution is 2.31. The molecule has 19 heavy (non-hydrogen) atoms. The van der Waals surface area contributed by atoms with Crippen molar-refractivity contribution in [3.63, 3.8) is 0 Å². The SMILES string of the molecule is CN1CCC(N2CCC(=NO)c3ccccc32)C1=O. The number of fused-ring (bicyclic) bond motifs is 1. The van der Waals surface area contributed by atoms with E-state index in [4.69, 9.17) is 5.21 Å². The monoisotopic (exact) mass is 259 g/mol. The summed E-state index contributed by atoms with van der Waals surface area (Å²) in [5, 5.41) is 12.5. The third-order valence-corrected chi connectivity index (χ3v) is 4.01. The number of benzene rings is 1. The highest BCUT2D eigenvalue weighted by atomic mass is 16.4. The summed E-state index contributed by atoms with van der Waals surface area (Å²) in [7, 11) is 1.85. The summed E-state index contributed by atoms with van der Waals surface area (Å²) in [6, 6.07) is 7.74. The number of oxime groups is 1. The first-order valence-corrected chi connectivity index (χ1v) is 6.54. The number of amides is 1. The number of rotatable bonds is 1. The van der Waals surface area contributed by atoms with Crippen molar-refractivity contribution in [2.75, 3.05) is 25.0 Å². The summed E-state index contributed by atoms with van der Waals surface area (Å²) < 4.78 is 0. The second-order valence-electron chi connectivity index (χ2n) is 5.07. The van der Waals surface area contributed by atoms with Crippen LogP contribution in [0.4, 0.5) is 5.69 Å². The van der Waals surface area contributed by atoms with Crippen LogP contribution in [0.15, 0.2) is 29.4 Å². The lowest BCUT2D eigenvalue weighted by molar-refractivity contribution is -0.127. The van der Waals surface area contributed by atoms with Crippen molar-refractivity contribution in [2.45, 2.75) is 18.9 Å². The molecule has 1 N–H and O–H groups in total. The van der Waals surface area contributed by atoms with Crippen LogP contribution in [0.25, 0.3) is 0 Å². The van der Waals surface area contributed by atoms with E-state index in [0.717, 1.165) is 30.8 Å². The molecule has 0 radical (unpaired) electrons. The first kappa shape index (κ1) is 12.0.